The molecule has 2 fully saturated rings. The maximum absolute atomic E-state index is 13.5. The minimum absolute atomic E-state index is 0.201. The molecule has 0 saturated carbocycles. The van der Waals surface area contributed by atoms with Gasteiger partial charge in [0.2, 0.25) is 5.91 Å². The van der Waals surface area contributed by atoms with Crippen molar-refractivity contribution in [3.8, 4) is 0 Å². The van der Waals surface area contributed by atoms with Crippen LogP contribution in [0.4, 0.5) is 0 Å². The van der Waals surface area contributed by atoms with Crippen LogP contribution in [0.15, 0.2) is 0 Å². The summed E-state index contributed by atoms with van der Waals surface area (Å²) in [4.78, 5) is 50.0. The second-order valence-corrected chi connectivity index (χ2v) is 7.22. The fourth-order valence-corrected chi connectivity index (χ4v) is 3.94. The van der Waals surface area contributed by atoms with Crippen LogP contribution in [0.5, 0.6) is 0 Å². The summed E-state index contributed by atoms with van der Waals surface area (Å²) in [5.41, 5.74) is 4.29. The largest absolute Gasteiger partial charge is 0.481 e. The van der Waals surface area contributed by atoms with Crippen LogP contribution in [-0.4, -0.2) is 86.6 Å². The van der Waals surface area contributed by atoms with Crippen LogP contribution in [0, 0.1) is 0 Å². The minimum Gasteiger partial charge on any atom is -0.481 e. The zero-order chi connectivity index (χ0) is 20.2. The summed E-state index contributed by atoms with van der Waals surface area (Å²) in [7, 11) is 0. The third-order valence-corrected chi connectivity index (χ3v) is 5.38. The van der Waals surface area contributed by atoms with Crippen molar-refractivity contribution in [2.75, 3.05) is 26.2 Å². The maximum Gasteiger partial charge on any atom is 0.328 e. The smallest absolute Gasteiger partial charge is 0.328 e. The molecule has 0 unspecified atom stereocenters. The number of carbonyl (C=O) groups is 4. The molecule has 4 N–H and O–H groups in total. The molecule has 2 aliphatic rings. The van der Waals surface area contributed by atoms with E-state index < -0.39 is 29.4 Å². The molecule has 2 heterocycles. The first-order chi connectivity index (χ1) is 12.7. The van der Waals surface area contributed by atoms with Gasteiger partial charge in [-0.05, 0) is 39.0 Å². The fourth-order valence-electron chi connectivity index (χ4n) is 3.94. The van der Waals surface area contributed by atoms with Gasteiger partial charge in [-0.1, -0.05) is 0 Å². The number of hydrogen-bond donors (Lipinski definition) is 3. The van der Waals surface area contributed by atoms with Gasteiger partial charge in [-0.3, -0.25) is 19.4 Å². The van der Waals surface area contributed by atoms with Crippen molar-refractivity contribution in [2.45, 2.75) is 57.0 Å². The summed E-state index contributed by atoms with van der Waals surface area (Å²) in [6.45, 7) is 2.83. The van der Waals surface area contributed by atoms with Crippen LogP contribution in [0.2, 0.25) is 0 Å². The Balaban J connectivity index is 2.36. The molecule has 0 aromatic carbocycles. The van der Waals surface area contributed by atoms with E-state index in [-0.39, 0.29) is 25.3 Å². The van der Waals surface area contributed by atoms with E-state index in [0.717, 1.165) is 12.8 Å². The number of likely N-dealkylation sites (tertiary alicyclic amines) is 1. The lowest BCUT2D eigenvalue weighted by Gasteiger charge is -2.43. The van der Waals surface area contributed by atoms with Crippen molar-refractivity contribution in [3.05, 3.63) is 0 Å². The van der Waals surface area contributed by atoms with Crippen molar-refractivity contribution in [3.63, 3.8) is 0 Å². The highest BCUT2D eigenvalue weighted by molar-refractivity contribution is 5.94. The molecule has 0 aromatic heterocycles. The molecule has 0 spiro atoms. The highest BCUT2D eigenvalue weighted by Crippen LogP contribution is 2.33. The number of hydrazine groups is 1. The summed E-state index contributed by atoms with van der Waals surface area (Å²) in [6, 6.07) is -1.29. The summed E-state index contributed by atoms with van der Waals surface area (Å²) in [5, 5.41) is 21.5. The third kappa shape index (κ3) is 4.38. The van der Waals surface area contributed by atoms with Gasteiger partial charge in [0.05, 0.1) is 6.54 Å². The van der Waals surface area contributed by atoms with E-state index in [0.29, 0.717) is 32.5 Å². The van der Waals surface area contributed by atoms with Crippen LogP contribution < -0.4 is 5.73 Å². The van der Waals surface area contributed by atoms with Crippen LogP contribution >= 0.6 is 0 Å². The lowest BCUT2D eigenvalue weighted by molar-refractivity contribution is -0.176. The second-order valence-electron chi connectivity index (χ2n) is 7.22. The van der Waals surface area contributed by atoms with Gasteiger partial charge in [-0.25, -0.2) is 9.80 Å². The molecule has 27 heavy (non-hydrogen) atoms. The summed E-state index contributed by atoms with van der Waals surface area (Å²) in [5.74, 6) is -3.22. The minimum atomic E-state index is -1.29. The molecule has 2 aliphatic heterocycles. The first-order valence-electron chi connectivity index (χ1n) is 9.26. The van der Waals surface area contributed by atoms with E-state index >= 15 is 0 Å². The summed E-state index contributed by atoms with van der Waals surface area (Å²) >= 11 is 0. The van der Waals surface area contributed by atoms with Crippen LogP contribution in [-0.2, 0) is 19.2 Å². The van der Waals surface area contributed by atoms with Crippen molar-refractivity contribution >= 4 is 23.8 Å². The van der Waals surface area contributed by atoms with Gasteiger partial charge in [0.1, 0.15) is 11.6 Å². The molecule has 0 aromatic rings. The zero-order valence-electron chi connectivity index (χ0n) is 15.6. The first-order valence-corrected chi connectivity index (χ1v) is 9.26. The molecular formula is C17H28N4O6. The number of rotatable bonds is 8. The standard InChI is InChI=1S/C17H28N4O6/c1-17(7-4-10-20(17)13(22)11-18)16(27)21(19-8-2-3-9-19)12(15(25)26)5-6-14(23)24/h12H,2-11,18H2,1H3,(H,23,24)(H,25,26)/t12-,17-/m0/s1. The number of carboxylic acids is 2. The molecule has 2 rings (SSSR count). The number of nitrogens with two attached hydrogens (primary N) is 1. The summed E-state index contributed by atoms with van der Waals surface area (Å²) < 4.78 is 0. The summed E-state index contributed by atoms with van der Waals surface area (Å²) in [6.07, 6.45) is 2.10. The van der Waals surface area contributed by atoms with Gasteiger partial charge in [0.15, 0.2) is 0 Å². The number of aliphatic carboxylic acids is 2. The Kier molecular flexibility index (Phi) is 6.77. The quantitative estimate of drug-likeness (QED) is 0.507. The number of nitrogens with zero attached hydrogens (tertiary/aromatic N) is 3. The third-order valence-electron chi connectivity index (χ3n) is 5.38. The van der Waals surface area contributed by atoms with E-state index in [1.54, 1.807) is 11.9 Å². The highest BCUT2D eigenvalue weighted by atomic mass is 16.4. The fraction of sp³-hybridized carbons (Fsp3) is 0.765. The Morgan fingerprint density at radius 1 is 1.11 bits per heavy atom. The number of carboxylic acid groups (broad SMARTS) is 2. The molecule has 2 saturated heterocycles. The Labute approximate surface area is 157 Å². The van der Waals surface area contributed by atoms with Crippen molar-refractivity contribution in [1.82, 2.24) is 14.9 Å². The van der Waals surface area contributed by atoms with Crippen LogP contribution in [0.25, 0.3) is 0 Å². The van der Waals surface area contributed by atoms with Gasteiger partial charge < -0.3 is 20.8 Å². The van der Waals surface area contributed by atoms with E-state index in [2.05, 4.69) is 0 Å². The van der Waals surface area contributed by atoms with Crippen LogP contribution in [0.1, 0.15) is 45.4 Å². The molecule has 0 aliphatic carbocycles. The van der Waals surface area contributed by atoms with Crippen LogP contribution in [0.3, 0.4) is 0 Å². The average molecular weight is 384 g/mol. The second kappa shape index (κ2) is 8.66. The van der Waals surface area contributed by atoms with Gasteiger partial charge >= 0.3 is 11.9 Å². The van der Waals surface area contributed by atoms with E-state index in [1.807, 2.05) is 0 Å². The predicted molar refractivity (Wildman–Crippen MR) is 94.4 cm³/mol. The average Bonchev–Trinajstić information content (AvgIpc) is 3.27. The molecular weight excluding hydrogens is 356 g/mol. The normalized spacial score (nSPS) is 24.0. The van der Waals surface area contributed by atoms with Gasteiger partial charge in [-0.2, -0.15) is 0 Å². The van der Waals surface area contributed by atoms with Gasteiger partial charge in [0, 0.05) is 26.1 Å². The predicted octanol–water partition coefficient (Wildman–Crippen LogP) is -0.516. The Morgan fingerprint density at radius 3 is 2.26 bits per heavy atom. The van der Waals surface area contributed by atoms with E-state index in [4.69, 9.17) is 10.8 Å². The highest BCUT2D eigenvalue weighted by Gasteiger charge is 2.51. The Hall–Kier alpha value is -2.20. The molecule has 0 radical (unpaired) electrons. The monoisotopic (exact) mass is 384 g/mol. The number of amides is 2. The molecule has 2 atom stereocenters. The van der Waals surface area contributed by atoms with E-state index in [9.17, 15) is 24.3 Å². The molecule has 10 heteroatoms. The molecule has 2 amide bonds. The van der Waals surface area contributed by atoms with E-state index in [1.165, 1.54) is 9.91 Å². The zero-order valence-corrected chi connectivity index (χ0v) is 15.6. The first kappa shape index (κ1) is 21.1. The van der Waals surface area contributed by atoms with Crippen molar-refractivity contribution in [2.24, 2.45) is 5.73 Å². The number of hydrogen-bond acceptors (Lipinski definition) is 6. The SMILES string of the molecule is C[C@@]1(C(=O)N([C@@H](CCC(=O)O)C(=O)O)N2CCCC2)CCCN1C(=O)CN. The molecule has 10 nitrogen and oxygen atoms in total. The maximum atomic E-state index is 13.5. The van der Waals surface area contributed by atoms with Gasteiger partial charge in [0.25, 0.3) is 5.91 Å². The Bertz CT molecular complexity index is 606. The topological polar surface area (TPSA) is 144 Å². The lowest BCUT2D eigenvalue weighted by Crippen LogP contribution is -2.64. The van der Waals surface area contributed by atoms with Gasteiger partial charge in [-0.15, -0.1) is 0 Å². The molecule has 152 valence electrons. The molecule has 0 bridgehead atoms. The lowest BCUT2D eigenvalue weighted by atomic mass is 9.95. The van der Waals surface area contributed by atoms with Crippen molar-refractivity contribution in [1.29, 1.82) is 0 Å². The van der Waals surface area contributed by atoms with Crippen molar-refractivity contribution < 1.29 is 29.4 Å². The Morgan fingerprint density at radius 2 is 1.74 bits per heavy atom. The number of carbonyl (C=O) groups excluding carboxylic acids is 2.